The third kappa shape index (κ3) is 4.80. The van der Waals surface area contributed by atoms with E-state index in [2.05, 4.69) is 36.4 Å². The van der Waals surface area contributed by atoms with Gasteiger partial charge in [-0.1, -0.05) is 46.3 Å². The second-order valence-electron chi connectivity index (χ2n) is 7.64. The Morgan fingerprint density at radius 3 is 2.60 bits per heavy atom. The van der Waals surface area contributed by atoms with Gasteiger partial charge in [0.1, 0.15) is 0 Å². The van der Waals surface area contributed by atoms with Crippen LogP contribution in [0, 0.1) is 0 Å². The van der Waals surface area contributed by atoms with Crippen molar-refractivity contribution in [2.75, 3.05) is 31.5 Å². The molecule has 156 valence electrons. The summed E-state index contributed by atoms with van der Waals surface area (Å²) in [7, 11) is 0. The fraction of sp³-hybridized carbons (Fsp3) is 0.304. The third-order valence-corrected chi connectivity index (χ3v) is 6.20. The van der Waals surface area contributed by atoms with E-state index in [-0.39, 0.29) is 6.03 Å². The highest BCUT2D eigenvalue weighted by Crippen LogP contribution is 2.33. The van der Waals surface area contributed by atoms with Gasteiger partial charge in [-0.2, -0.15) is 0 Å². The number of fused-ring (bicyclic) bond motifs is 1. The number of nitrogens with zero attached hydrogens (tertiary/aromatic N) is 2. The Balaban J connectivity index is 1.24. The summed E-state index contributed by atoms with van der Waals surface area (Å²) in [5, 5.41) is 17.7. The molecule has 3 aromatic rings. The number of hydrogen-bond acceptors (Lipinski definition) is 4. The molecule has 4 rings (SSSR count). The van der Waals surface area contributed by atoms with Gasteiger partial charge in [0.05, 0.1) is 16.8 Å². The van der Waals surface area contributed by atoms with Crippen LogP contribution in [0.1, 0.15) is 18.4 Å². The highest BCUT2D eigenvalue weighted by Gasteiger charge is 2.33. The minimum absolute atomic E-state index is 0.227. The summed E-state index contributed by atoms with van der Waals surface area (Å²) in [6, 6.07) is 17.2. The molecule has 0 saturated carbocycles. The molecular weight excluding hydrogens is 444 g/mol. The maximum absolute atomic E-state index is 12.3. The van der Waals surface area contributed by atoms with Crippen molar-refractivity contribution in [2.45, 2.75) is 18.4 Å². The van der Waals surface area contributed by atoms with Crippen LogP contribution in [-0.2, 0) is 5.60 Å². The minimum atomic E-state index is -0.773. The van der Waals surface area contributed by atoms with Crippen molar-refractivity contribution in [1.82, 2.24) is 15.2 Å². The monoisotopic (exact) mass is 468 g/mol. The van der Waals surface area contributed by atoms with Crippen LogP contribution in [0.4, 0.5) is 10.5 Å². The number of urea groups is 1. The van der Waals surface area contributed by atoms with Crippen LogP contribution in [-0.4, -0.2) is 47.2 Å². The van der Waals surface area contributed by atoms with Gasteiger partial charge < -0.3 is 20.6 Å². The quantitative estimate of drug-likeness (QED) is 0.526. The molecular formula is C23H25BrN4O2. The lowest BCUT2D eigenvalue weighted by atomic mass is 9.84. The highest BCUT2D eigenvalue weighted by atomic mass is 79.9. The molecule has 7 heteroatoms. The van der Waals surface area contributed by atoms with Gasteiger partial charge in [-0.25, -0.2) is 4.79 Å². The van der Waals surface area contributed by atoms with Crippen LogP contribution in [0.25, 0.3) is 10.9 Å². The summed E-state index contributed by atoms with van der Waals surface area (Å²) >= 11 is 3.44. The van der Waals surface area contributed by atoms with Crippen molar-refractivity contribution in [3.05, 3.63) is 70.8 Å². The number of likely N-dealkylation sites (tertiary alicyclic amines) is 1. The molecule has 0 atom stereocenters. The Bertz CT molecular complexity index is 1010. The van der Waals surface area contributed by atoms with E-state index in [0.717, 1.165) is 46.3 Å². The van der Waals surface area contributed by atoms with Crippen molar-refractivity contribution >= 4 is 38.6 Å². The molecule has 2 heterocycles. The lowest BCUT2D eigenvalue weighted by Crippen LogP contribution is -2.45. The molecule has 2 aromatic carbocycles. The lowest BCUT2D eigenvalue weighted by Gasteiger charge is -2.38. The molecule has 1 fully saturated rings. The normalized spacial score (nSPS) is 16.3. The number of rotatable bonds is 5. The van der Waals surface area contributed by atoms with Gasteiger partial charge >= 0.3 is 6.03 Å². The zero-order chi connectivity index (χ0) is 21.0. The predicted octanol–water partition coefficient (Wildman–Crippen LogP) is 4.10. The summed E-state index contributed by atoms with van der Waals surface area (Å²) in [6.45, 7) is 2.89. The van der Waals surface area contributed by atoms with Crippen molar-refractivity contribution < 1.29 is 9.90 Å². The van der Waals surface area contributed by atoms with Crippen molar-refractivity contribution in [3.8, 4) is 0 Å². The van der Waals surface area contributed by atoms with Crippen molar-refractivity contribution in [3.63, 3.8) is 0 Å². The number of benzene rings is 2. The number of halogens is 1. The maximum Gasteiger partial charge on any atom is 0.319 e. The number of aliphatic hydroxyl groups is 1. The number of hydrogen-bond donors (Lipinski definition) is 3. The number of amides is 2. The molecule has 0 bridgehead atoms. The molecule has 0 aliphatic carbocycles. The van der Waals surface area contributed by atoms with Gasteiger partial charge in [0.15, 0.2) is 0 Å². The molecule has 30 heavy (non-hydrogen) atoms. The number of carbonyl (C=O) groups excluding carboxylic acids is 1. The second kappa shape index (κ2) is 9.12. The fourth-order valence-corrected chi connectivity index (χ4v) is 4.16. The van der Waals surface area contributed by atoms with Crippen LogP contribution in [0.5, 0.6) is 0 Å². The summed E-state index contributed by atoms with van der Waals surface area (Å²) < 4.78 is 1.01. The molecule has 0 radical (unpaired) electrons. The summed E-state index contributed by atoms with van der Waals surface area (Å²) in [6.07, 6.45) is 3.06. The molecule has 2 amide bonds. The van der Waals surface area contributed by atoms with Crippen molar-refractivity contribution in [2.24, 2.45) is 0 Å². The largest absolute Gasteiger partial charge is 0.385 e. The molecule has 0 unspecified atom stereocenters. The Morgan fingerprint density at radius 1 is 1.10 bits per heavy atom. The van der Waals surface area contributed by atoms with E-state index in [1.807, 2.05) is 48.5 Å². The molecule has 0 spiro atoms. The summed E-state index contributed by atoms with van der Waals surface area (Å²) in [4.78, 5) is 18.9. The average Bonchev–Trinajstić information content (AvgIpc) is 2.76. The molecule has 3 N–H and O–H groups in total. The van der Waals surface area contributed by atoms with E-state index in [4.69, 9.17) is 0 Å². The fourth-order valence-electron chi connectivity index (χ4n) is 3.89. The number of para-hydroxylation sites is 1. The number of pyridine rings is 1. The van der Waals surface area contributed by atoms with E-state index in [1.54, 1.807) is 12.3 Å². The average molecular weight is 469 g/mol. The van der Waals surface area contributed by atoms with Gasteiger partial charge in [-0.3, -0.25) is 4.98 Å². The molecule has 6 nitrogen and oxygen atoms in total. The van der Waals surface area contributed by atoms with Gasteiger partial charge in [0.2, 0.25) is 0 Å². The van der Waals surface area contributed by atoms with Gasteiger partial charge in [-0.05, 0) is 42.7 Å². The molecule has 1 aliphatic rings. The van der Waals surface area contributed by atoms with Crippen LogP contribution < -0.4 is 10.6 Å². The standard InChI is InChI=1S/C23H25BrN4O2/c24-18-7-5-17(6-8-18)23(30)10-14-28(15-11-23)16-13-26-22(29)27-21-9-12-25-20-4-2-1-3-19(20)21/h1-9,12,30H,10-11,13-16H2,(H2,25,26,27,29). The van der Waals surface area contributed by atoms with E-state index >= 15 is 0 Å². The zero-order valence-electron chi connectivity index (χ0n) is 16.6. The smallest absolute Gasteiger partial charge is 0.319 e. The Hall–Kier alpha value is -2.48. The van der Waals surface area contributed by atoms with E-state index in [1.165, 1.54) is 0 Å². The van der Waals surface area contributed by atoms with Crippen LogP contribution in [0.15, 0.2) is 65.3 Å². The first-order valence-corrected chi connectivity index (χ1v) is 10.9. The van der Waals surface area contributed by atoms with E-state index < -0.39 is 5.60 Å². The van der Waals surface area contributed by atoms with Crippen molar-refractivity contribution in [1.29, 1.82) is 0 Å². The number of carbonyl (C=O) groups is 1. The Morgan fingerprint density at radius 2 is 1.83 bits per heavy atom. The lowest BCUT2D eigenvalue weighted by molar-refractivity contribution is -0.0254. The van der Waals surface area contributed by atoms with Crippen LogP contribution >= 0.6 is 15.9 Å². The Labute approximate surface area is 184 Å². The van der Waals surface area contributed by atoms with E-state index in [9.17, 15) is 9.90 Å². The van der Waals surface area contributed by atoms with Crippen LogP contribution in [0.3, 0.4) is 0 Å². The minimum Gasteiger partial charge on any atom is -0.385 e. The Kier molecular flexibility index (Phi) is 6.32. The highest BCUT2D eigenvalue weighted by molar-refractivity contribution is 9.10. The first-order valence-electron chi connectivity index (χ1n) is 10.1. The first-order chi connectivity index (χ1) is 14.5. The second-order valence-corrected chi connectivity index (χ2v) is 8.55. The third-order valence-electron chi connectivity index (χ3n) is 5.68. The molecule has 1 aromatic heterocycles. The first kappa shape index (κ1) is 20.8. The topological polar surface area (TPSA) is 77.5 Å². The predicted molar refractivity (Wildman–Crippen MR) is 122 cm³/mol. The molecule has 1 aliphatic heterocycles. The van der Waals surface area contributed by atoms with E-state index in [0.29, 0.717) is 19.4 Å². The summed E-state index contributed by atoms with van der Waals surface area (Å²) in [5.74, 6) is 0. The number of nitrogens with one attached hydrogen (secondary N) is 2. The SMILES string of the molecule is O=C(NCCN1CCC(O)(c2ccc(Br)cc2)CC1)Nc1ccnc2ccccc12. The maximum atomic E-state index is 12.3. The van der Waals surface area contributed by atoms with Gasteiger partial charge in [-0.15, -0.1) is 0 Å². The summed E-state index contributed by atoms with van der Waals surface area (Å²) in [5.41, 5.74) is 1.79. The van der Waals surface area contributed by atoms with Crippen LogP contribution in [0.2, 0.25) is 0 Å². The number of piperidine rings is 1. The number of aromatic nitrogens is 1. The molecule has 1 saturated heterocycles. The van der Waals surface area contributed by atoms with Gasteiger partial charge in [0, 0.05) is 42.2 Å². The van der Waals surface area contributed by atoms with Gasteiger partial charge in [0.25, 0.3) is 0 Å². The number of anilines is 1. The zero-order valence-corrected chi connectivity index (χ0v) is 18.2.